The lowest BCUT2D eigenvalue weighted by Gasteiger charge is -2.05. The lowest BCUT2D eigenvalue weighted by atomic mass is 10.2. The Hall–Kier alpha value is -1.03. The van der Waals surface area contributed by atoms with Gasteiger partial charge >= 0.3 is 5.97 Å². The average Bonchev–Trinajstić information content (AvgIpc) is 2.14. The summed E-state index contributed by atoms with van der Waals surface area (Å²) < 4.78 is 0. The van der Waals surface area contributed by atoms with Gasteiger partial charge in [0.2, 0.25) is 0 Å². The van der Waals surface area contributed by atoms with E-state index in [-0.39, 0.29) is 5.92 Å². The second-order valence-corrected chi connectivity index (χ2v) is 4.26. The van der Waals surface area contributed by atoms with Gasteiger partial charge in [0.25, 0.3) is 0 Å². The number of aryl methyl sites for hydroxylation is 1. The van der Waals surface area contributed by atoms with Gasteiger partial charge in [0, 0.05) is 11.9 Å². The fraction of sp³-hybridized carbons (Fsp3) is 0.400. The van der Waals surface area contributed by atoms with Crippen molar-refractivity contribution in [1.29, 1.82) is 0 Å². The summed E-state index contributed by atoms with van der Waals surface area (Å²) in [4.78, 5) is 14.7. The van der Waals surface area contributed by atoms with Crippen molar-refractivity contribution in [3.63, 3.8) is 0 Å². The van der Waals surface area contributed by atoms with Gasteiger partial charge in [-0.15, -0.1) is 11.8 Å². The van der Waals surface area contributed by atoms with E-state index >= 15 is 0 Å². The van der Waals surface area contributed by atoms with Gasteiger partial charge < -0.3 is 5.11 Å². The average molecular weight is 211 g/mol. The lowest BCUT2D eigenvalue weighted by Crippen LogP contribution is -2.11. The molecule has 1 N–H and O–H groups in total. The molecule has 1 atom stereocenters. The quantitative estimate of drug-likeness (QED) is 0.776. The number of nitrogens with zero attached hydrogens (tertiary/aromatic N) is 1. The third-order valence-corrected chi connectivity index (χ3v) is 2.98. The van der Waals surface area contributed by atoms with Crippen LogP contribution in [0.1, 0.15) is 12.5 Å². The van der Waals surface area contributed by atoms with E-state index in [2.05, 4.69) is 4.98 Å². The summed E-state index contributed by atoms with van der Waals surface area (Å²) in [5.74, 6) is -0.529. The molecule has 1 aromatic heterocycles. The summed E-state index contributed by atoms with van der Waals surface area (Å²) in [6.07, 6.45) is 1.74. The van der Waals surface area contributed by atoms with Crippen LogP contribution in [0, 0.1) is 12.8 Å². The maximum Gasteiger partial charge on any atom is 0.307 e. The largest absolute Gasteiger partial charge is 0.481 e. The number of hydrogen-bond acceptors (Lipinski definition) is 3. The lowest BCUT2D eigenvalue weighted by molar-refractivity contribution is -0.140. The molecule has 3 nitrogen and oxygen atoms in total. The maximum absolute atomic E-state index is 10.6. The van der Waals surface area contributed by atoms with Crippen molar-refractivity contribution in [3.05, 3.63) is 23.9 Å². The molecule has 0 aliphatic rings. The molecule has 0 amide bonds. The molecular weight excluding hydrogens is 198 g/mol. The number of rotatable bonds is 4. The number of carboxylic acids is 1. The normalized spacial score (nSPS) is 12.4. The van der Waals surface area contributed by atoms with Crippen molar-refractivity contribution in [2.24, 2.45) is 5.92 Å². The highest BCUT2D eigenvalue weighted by atomic mass is 32.2. The van der Waals surface area contributed by atoms with E-state index < -0.39 is 5.97 Å². The Morgan fingerprint density at radius 3 is 3.00 bits per heavy atom. The number of aromatic nitrogens is 1. The third-order valence-electron chi connectivity index (χ3n) is 1.79. The molecule has 1 heterocycles. The zero-order chi connectivity index (χ0) is 10.6. The Morgan fingerprint density at radius 1 is 1.71 bits per heavy atom. The molecule has 14 heavy (non-hydrogen) atoms. The predicted molar refractivity (Wildman–Crippen MR) is 56.5 cm³/mol. The van der Waals surface area contributed by atoms with E-state index in [1.165, 1.54) is 11.8 Å². The smallest absolute Gasteiger partial charge is 0.307 e. The molecule has 0 spiro atoms. The molecule has 0 saturated carbocycles. The minimum Gasteiger partial charge on any atom is -0.481 e. The van der Waals surface area contributed by atoms with Gasteiger partial charge in [-0.3, -0.25) is 4.79 Å². The molecule has 0 radical (unpaired) electrons. The van der Waals surface area contributed by atoms with Gasteiger partial charge in [0.15, 0.2) is 0 Å². The highest BCUT2D eigenvalue weighted by Gasteiger charge is 2.11. The van der Waals surface area contributed by atoms with Gasteiger partial charge in [-0.1, -0.05) is 6.92 Å². The number of thioether (sulfide) groups is 1. The van der Waals surface area contributed by atoms with E-state index in [4.69, 9.17) is 5.11 Å². The Kier molecular flexibility index (Phi) is 3.95. The number of pyridine rings is 1. The minimum absolute atomic E-state index is 0.331. The second kappa shape index (κ2) is 5.00. The van der Waals surface area contributed by atoms with Gasteiger partial charge in [-0.05, 0) is 24.6 Å². The van der Waals surface area contributed by atoms with Crippen LogP contribution in [-0.4, -0.2) is 21.8 Å². The highest BCUT2D eigenvalue weighted by Crippen LogP contribution is 2.18. The van der Waals surface area contributed by atoms with Crippen LogP contribution in [-0.2, 0) is 4.79 Å². The summed E-state index contributed by atoms with van der Waals surface area (Å²) in [6.45, 7) is 3.69. The van der Waals surface area contributed by atoms with Crippen molar-refractivity contribution < 1.29 is 9.90 Å². The number of carbonyl (C=O) groups is 1. The van der Waals surface area contributed by atoms with E-state index in [0.29, 0.717) is 5.75 Å². The van der Waals surface area contributed by atoms with Crippen LogP contribution in [0.2, 0.25) is 0 Å². The molecule has 0 aromatic carbocycles. The Balaban J connectivity index is 2.49. The van der Waals surface area contributed by atoms with E-state index in [0.717, 1.165) is 10.6 Å². The summed E-state index contributed by atoms with van der Waals surface area (Å²) in [6, 6.07) is 3.88. The zero-order valence-electron chi connectivity index (χ0n) is 8.23. The fourth-order valence-electron chi connectivity index (χ4n) is 0.869. The van der Waals surface area contributed by atoms with Crippen LogP contribution in [0.5, 0.6) is 0 Å². The summed E-state index contributed by atoms with van der Waals surface area (Å²) >= 11 is 1.48. The molecule has 0 aliphatic heterocycles. The molecule has 0 aliphatic carbocycles. The molecule has 76 valence electrons. The number of hydrogen-bond donors (Lipinski definition) is 1. The van der Waals surface area contributed by atoms with Gasteiger partial charge in [0.05, 0.1) is 10.9 Å². The molecule has 1 aromatic rings. The first-order chi connectivity index (χ1) is 6.59. The topological polar surface area (TPSA) is 50.2 Å². The number of carboxylic acid groups (broad SMARTS) is 1. The minimum atomic E-state index is -0.759. The van der Waals surface area contributed by atoms with Crippen LogP contribution in [0.4, 0.5) is 0 Å². The van der Waals surface area contributed by atoms with Crippen LogP contribution < -0.4 is 0 Å². The van der Waals surface area contributed by atoms with E-state index in [1.807, 2.05) is 19.1 Å². The first-order valence-electron chi connectivity index (χ1n) is 4.38. The van der Waals surface area contributed by atoms with E-state index in [1.54, 1.807) is 13.1 Å². The predicted octanol–water partition coefficient (Wildman–Crippen LogP) is 2.20. The molecule has 0 bridgehead atoms. The Morgan fingerprint density at radius 2 is 2.43 bits per heavy atom. The monoisotopic (exact) mass is 211 g/mol. The van der Waals surface area contributed by atoms with Crippen molar-refractivity contribution >= 4 is 17.7 Å². The second-order valence-electron chi connectivity index (χ2n) is 3.22. The standard InChI is InChI=1S/C10H13NO2S/c1-7-3-4-11-9(5-7)14-6-8(2)10(12)13/h3-5,8H,6H2,1-2H3,(H,12,13). The summed E-state index contributed by atoms with van der Waals surface area (Å²) in [5, 5.41) is 9.57. The Labute approximate surface area is 87.6 Å². The van der Waals surface area contributed by atoms with E-state index in [9.17, 15) is 4.79 Å². The van der Waals surface area contributed by atoms with Gasteiger partial charge in [-0.25, -0.2) is 4.98 Å². The molecule has 1 unspecified atom stereocenters. The number of aliphatic carboxylic acids is 1. The van der Waals surface area contributed by atoms with Crippen molar-refractivity contribution in [3.8, 4) is 0 Å². The zero-order valence-corrected chi connectivity index (χ0v) is 9.04. The summed E-state index contributed by atoms with van der Waals surface area (Å²) in [7, 11) is 0. The van der Waals surface area contributed by atoms with Crippen LogP contribution in [0.15, 0.2) is 23.4 Å². The fourth-order valence-corrected chi connectivity index (χ4v) is 1.84. The van der Waals surface area contributed by atoms with Crippen molar-refractivity contribution in [2.75, 3.05) is 5.75 Å². The molecule has 0 saturated heterocycles. The highest BCUT2D eigenvalue weighted by molar-refractivity contribution is 7.99. The van der Waals surface area contributed by atoms with Crippen LogP contribution >= 0.6 is 11.8 Å². The first-order valence-corrected chi connectivity index (χ1v) is 5.36. The van der Waals surface area contributed by atoms with Crippen molar-refractivity contribution in [2.45, 2.75) is 18.9 Å². The molecule has 0 fully saturated rings. The van der Waals surface area contributed by atoms with Crippen LogP contribution in [0.3, 0.4) is 0 Å². The SMILES string of the molecule is Cc1ccnc(SCC(C)C(=O)O)c1. The molecule has 1 rings (SSSR count). The maximum atomic E-state index is 10.6. The molecular formula is C10H13NO2S. The Bertz CT molecular complexity index is 328. The van der Waals surface area contributed by atoms with Crippen LogP contribution in [0.25, 0.3) is 0 Å². The first kappa shape index (κ1) is 11.0. The third kappa shape index (κ3) is 3.38. The van der Waals surface area contributed by atoms with Crippen molar-refractivity contribution in [1.82, 2.24) is 4.98 Å². The molecule has 4 heteroatoms. The van der Waals surface area contributed by atoms with Gasteiger partial charge in [0.1, 0.15) is 0 Å². The van der Waals surface area contributed by atoms with Gasteiger partial charge in [-0.2, -0.15) is 0 Å². The summed E-state index contributed by atoms with van der Waals surface area (Å²) in [5.41, 5.74) is 1.14.